The van der Waals surface area contributed by atoms with E-state index in [2.05, 4.69) is 15.6 Å². The van der Waals surface area contributed by atoms with Crippen molar-refractivity contribution in [2.24, 2.45) is 0 Å². The molecule has 0 radical (unpaired) electrons. The van der Waals surface area contributed by atoms with Gasteiger partial charge in [0, 0.05) is 36.8 Å². The molecule has 164 valence electrons. The topological polar surface area (TPSA) is 110 Å². The monoisotopic (exact) mass is 454 g/mol. The highest BCUT2D eigenvalue weighted by Crippen LogP contribution is 2.19. The number of morpholine rings is 1. The van der Waals surface area contributed by atoms with E-state index in [1.807, 2.05) is 19.2 Å². The Hall–Kier alpha value is -2.21. The molecule has 1 aromatic heterocycles. The van der Waals surface area contributed by atoms with Gasteiger partial charge in [0.1, 0.15) is 12.4 Å². The zero-order chi connectivity index (χ0) is 21.6. The second-order valence-corrected chi connectivity index (χ2v) is 9.87. The van der Waals surface area contributed by atoms with Crippen LogP contribution < -0.4 is 15.4 Å². The van der Waals surface area contributed by atoms with Gasteiger partial charge in [-0.15, -0.1) is 11.3 Å². The van der Waals surface area contributed by atoms with E-state index in [9.17, 15) is 13.2 Å². The number of benzene rings is 1. The molecule has 0 aliphatic carbocycles. The lowest BCUT2D eigenvalue weighted by atomic mass is 10.3. The fourth-order valence-corrected chi connectivity index (χ4v) is 5.12. The number of carbonyl (C=O) groups is 1. The Labute approximate surface area is 180 Å². The van der Waals surface area contributed by atoms with Crippen LogP contribution in [-0.2, 0) is 21.4 Å². The maximum atomic E-state index is 12.5. The summed E-state index contributed by atoms with van der Waals surface area (Å²) >= 11 is 1.50. The van der Waals surface area contributed by atoms with Crippen LogP contribution in [0.5, 0.6) is 5.75 Å². The first-order valence-electron chi connectivity index (χ1n) is 9.60. The number of thiazole rings is 1. The van der Waals surface area contributed by atoms with E-state index in [4.69, 9.17) is 9.47 Å². The molecule has 0 bridgehead atoms. The molecule has 1 saturated heterocycles. The Morgan fingerprint density at radius 1 is 1.33 bits per heavy atom. The molecule has 0 saturated carbocycles. The van der Waals surface area contributed by atoms with Crippen molar-refractivity contribution < 1.29 is 22.7 Å². The smallest absolute Gasteiger partial charge is 0.319 e. The van der Waals surface area contributed by atoms with Gasteiger partial charge in [0.2, 0.25) is 10.0 Å². The van der Waals surface area contributed by atoms with Gasteiger partial charge in [0.25, 0.3) is 0 Å². The van der Waals surface area contributed by atoms with Crippen LogP contribution >= 0.6 is 11.3 Å². The minimum atomic E-state index is -3.47. The van der Waals surface area contributed by atoms with Crippen LogP contribution in [-0.4, -0.2) is 61.3 Å². The fraction of sp³-hybridized carbons (Fsp3) is 0.474. The first-order chi connectivity index (χ1) is 14.3. The van der Waals surface area contributed by atoms with Gasteiger partial charge in [0.15, 0.2) is 0 Å². The summed E-state index contributed by atoms with van der Waals surface area (Å²) in [4.78, 5) is 16.3. The van der Waals surface area contributed by atoms with Crippen molar-refractivity contribution in [2.75, 3.05) is 30.7 Å². The van der Waals surface area contributed by atoms with Crippen molar-refractivity contribution in [3.05, 3.63) is 40.8 Å². The highest BCUT2D eigenvalue weighted by Gasteiger charge is 2.30. The van der Waals surface area contributed by atoms with Crippen LogP contribution in [0.25, 0.3) is 0 Å². The van der Waals surface area contributed by atoms with Gasteiger partial charge in [-0.1, -0.05) is 6.07 Å². The van der Waals surface area contributed by atoms with Gasteiger partial charge in [0.05, 0.1) is 29.2 Å². The third-order valence-electron chi connectivity index (χ3n) is 4.39. The summed E-state index contributed by atoms with van der Waals surface area (Å²) in [6.45, 7) is 4.69. The first kappa shape index (κ1) is 22.5. The Balaban J connectivity index is 1.44. The number of amides is 2. The zero-order valence-electron chi connectivity index (χ0n) is 16.9. The quantitative estimate of drug-likeness (QED) is 0.633. The summed E-state index contributed by atoms with van der Waals surface area (Å²) < 4.78 is 37.7. The third kappa shape index (κ3) is 6.66. The van der Waals surface area contributed by atoms with Crippen LogP contribution in [0.3, 0.4) is 0 Å². The van der Waals surface area contributed by atoms with Crippen LogP contribution in [0, 0.1) is 0 Å². The number of aromatic nitrogens is 1. The number of nitrogens with zero attached hydrogens (tertiary/aromatic N) is 2. The zero-order valence-corrected chi connectivity index (χ0v) is 18.5. The normalized spacial score (nSPS) is 19.9. The van der Waals surface area contributed by atoms with Gasteiger partial charge in [-0.25, -0.2) is 18.2 Å². The highest BCUT2D eigenvalue weighted by molar-refractivity contribution is 7.89. The third-order valence-corrected chi connectivity index (χ3v) is 6.83. The molecule has 1 aliphatic rings. The van der Waals surface area contributed by atoms with E-state index in [-0.39, 0.29) is 24.5 Å². The fourth-order valence-electron chi connectivity index (χ4n) is 3.09. The van der Waals surface area contributed by atoms with E-state index in [0.29, 0.717) is 31.1 Å². The van der Waals surface area contributed by atoms with Crippen LogP contribution in [0.2, 0.25) is 0 Å². The van der Waals surface area contributed by atoms with Crippen LogP contribution in [0.1, 0.15) is 19.5 Å². The second-order valence-electron chi connectivity index (χ2n) is 7.07. The molecule has 1 aromatic carbocycles. The molecular formula is C19H26N4O5S2. The van der Waals surface area contributed by atoms with Crippen molar-refractivity contribution in [1.82, 2.24) is 14.6 Å². The number of anilines is 1. The molecule has 1 aliphatic heterocycles. The van der Waals surface area contributed by atoms with E-state index >= 15 is 0 Å². The summed E-state index contributed by atoms with van der Waals surface area (Å²) in [7, 11) is -3.47. The minimum absolute atomic E-state index is 0.00824. The van der Waals surface area contributed by atoms with E-state index < -0.39 is 16.1 Å². The van der Waals surface area contributed by atoms with Crippen LogP contribution in [0.15, 0.2) is 35.2 Å². The molecule has 2 heterocycles. The number of hydrogen-bond acceptors (Lipinski definition) is 7. The molecule has 2 N–H and O–H groups in total. The van der Waals surface area contributed by atoms with Gasteiger partial charge in [-0.05, 0) is 26.0 Å². The van der Waals surface area contributed by atoms with Gasteiger partial charge < -0.3 is 20.1 Å². The summed E-state index contributed by atoms with van der Waals surface area (Å²) in [6, 6.07) is 6.48. The Bertz CT molecular complexity index is 926. The molecule has 2 aromatic rings. The second kappa shape index (κ2) is 10.2. The Morgan fingerprint density at radius 2 is 2.10 bits per heavy atom. The SMILES string of the molecule is CC1CN(S(=O)(=O)CCNC(=O)Nc2cccc(OCc3cscn3)c2)CC(C)O1. The summed E-state index contributed by atoms with van der Waals surface area (Å²) in [6.07, 6.45) is -0.297. The molecule has 30 heavy (non-hydrogen) atoms. The average Bonchev–Trinajstić information content (AvgIpc) is 3.19. The molecule has 1 fully saturated rings. The van der Waals surface area contributed by atoms with E-state index in [0.717, 1.165) is 5.69 Å². The summed E-state index contributed by atoms with van der Waals surface area (Å²) in [5.74, 6) is 0.426. The highest BCUT2D eigenvalue weighted by atomic mass is 32.2. The molecular weight excluding hydrogens is 428 g/mol. The number of sulfonamides is 1. The largest absolute Gasteiger partial charge is 0.487 e. The number of rotatable bonds is 8. The number of ether oxygens (including phenoxy) is 2. The van der Waals surface area contributed by atoms with Crippen molar-refractivity contribution in [1.29, 1.82) is 0 Å². The first-order valence-corrected chi connectivity index (χ1v) is 12.1. The Morgan fingerprint density at radius 3 is 2.80 bits per heavy atom. The molecule has 3 rings (SSSR count). The van der Waals surface area contributed by atoms with Crippen molar-refractivity contribution >= 4 is 33.1 Å². The van der Waals surface area contributed by atoms with Crippen LogP contribution in [0.4, 0.5) is 10.5 Å². The number of nitrogens with one attached hydrogen (secondary N) is 2. The van der Waals surface area contributed by atoms with Crippen molar-refractivity contribution in [2.45, 2.75) is 32.7 Å². The average molecular weight is 455 g/mol. The molecule has 0 spiro atoms. The van der Waals surface area contributed by atoms with Gasteiger partial charge in [-0.2, -0.15) is 4.31 Å². The summed E-state index contributed by atoms with van der Waals surface area (Å²) in [5, 5.41) is 7.17. The molecule has 2 amide bonds. The van der Waals surface area contributed by atoms with E-state index in [1.165, 1.54) is 15.6 Å². The number of urea groups is 1. The predicted molar refractivity (Wildman–Crippen MR) is 115 cm³/mol. The van der Waals surface area contributed by atoms with Gasteiger partial charge >= 0.3 is 6.03 Å². The van der Waals surface area contributed by atoms with Gasteiger partial charge in [-0.3, -0.25) is 0 Å². The van der Waals surface area contributed by atoms with E-state index in [1.54, 1.807) is 29.8 Å². The maximum Gasteiger partial charge on any atom is 0.319 e. The summed E-state index contributed by atoms with van der Waals surface area (Å²) in [5.41, 5.74) is 3.12. The van der Waals surface area contributed by atoms with Crippen molar-refractivity contribution in [3.63, 3.8) is 0 Å². The molecule has 11 heteroatoms. The number of hydrogen-bond donors (Lipinski definition) is 2. The number of carbonyl (C=O) groups excluding carboxylic acids is 1. The standard InChI is InChI=1S/C19H26N4O5S2/c1-14-9-23(10-15(2)28-14)30(25,26)7-6-20-19(24)22-16-4-3-5-18(8-16)27-11-17-12-29-13-21-17/h3-5,8,12-15H,6-7,9-11H2,1-2H3,(H2,20,22,24). The molecule has 9 nitrogen and oxygen atoms in total. The molecule has 2 atom stereocenters. The van der Waals surface area contributed by atoms with Crippen molar-refractivity contribution in [3.8, 4) is 5.75 Å². The Kier molecular flexibility index (Phi) is 7.64. The lowest BCUT2D eigenvalue weighted by molar-refractivity contribution is -0.0440. The minimum Gasteiger partial charge on any atom is -0.487 e. The maximum absolute atomic E-state index is 12.5. The molecule has 2 unspecified atom stereocenters. The lowest BCUT2D eigenvalue weighted by Gasteiger charge is -2.34. The lowest BCUT2D eigenvalue weighted by Crippen LogP contribution is -2.49. The predicted octanol–water partition coefficient (Wildman–Crippen LogP) is 2.28.